The van der Waals surface area contributed by atoms with Crippen LogP contribution in [0, 0.1) is 0 Å². The fourth-order valence-electron chi connectivity index (χ4n) is 3.65. The van der Waals surface area contributed by atoms with Crippen LogP contribution in [0.25, 0.3) is 11.5 Å². The smallest absolute Gasteiger partial charge is 0.260 e. The fourth-order valence-corrected chi connectivity index (χ4v) is 4.34. The first-order valence-corrected chi connectivity index (χ1v) is 11.3. The standard InChI is InChI=1S/C20H23ClN6O2S/c1-4-27-19(22-23-20(27)30-3)18-15-11-26(10-9-16(15)25(2)24-18)17(28)12-29-14-7-5-13(21)6-8-14/h5-8H,4,9-12H2,1-3H3. The van der Waals surface area contributed by atoms with Gasteiger partial charge in [-0.15, -0.1) is 10.2 Å². The third-order valence-corrected chi connectivity index (χ3v) is 6.12. The topological polar surface area (TPSA) is 78.1 Å². The number of fused-ring (bicyclic) bond motifs is 1. The van der Waals surface area contributed by atoms with Crippen molar-refractivity contribution in [3.63, 3.8) is 0 Å². The quantitative estimate of drug-likeness (QED) is 0.541. The number of hydrogen-bond donors (Lipinski definition) is 0. The Hall–Kier alpha value is -2.52. The number of aromatic nitrogens is 5. The minimum Gasteiger partial charge on any atom is -0.484 e. The van der Waals surface area contributed by atoms with Crippen LogP contribution < -0.4 is 4.74 Å². The monoisotopic (exact) mass is 446 g/mol. The zero-order valence-electron chi connectivity index (χ0n) is 17.1. The number of rotatable bonds is 6. The molecule has 1 aromatic carbocycles. The molecule has 0 unspecified atom stereocenters. The van der Waals surface area contributed by atoms with Gasteiger partial charge < -0.3 is 14.2 Å². The molecule has 4 rings (SSSR count). The van der Waals surface area contributed by atoms with Crippen LogP contribution in [-0.4, -0.2) is 54.8 Å². The average Bonchev–Trinajstić information content (AvgIpc) is 3.33. The van der Waals surface area contributed by atoms with E-state index in [9.17, 15) is 4.79 Å². The first-order chi connectivity index (χ1) is 14.5. The second-order valence-electron chi connectivity index (χ2n) is 6.96. The summed E-state index contributed by atoms with van der Waals surface area (Å²) >= 11 is 7.45. The second-order valence-corrected chi connectivity index (χ2v) is 8.17. The highest BCUT2D eigenvalue weighted by Crippen LogP contribution is 2.30. The van der Waals surface area contributed by atoms with Crippen molar-refractivity contribution in [3.8, 4) is 17.3 Å². The average molecular weight is 447 g/mol. The van der Waals surface area contributed by atoms with Gasteiger partial charge in [-0.05, 0) is 37.4 Å². The zero-order chi connectivity index (χ0) is 21.3. The highest BCUT2D eigenvalue weighted by molar-refractivity contribution is 7.98. The van der Waals surface area contributed by atoms with E-state index in [2.05, 4.69) is 21.7 Å². The number of ether oxygens (including phenoxy) is 1. The maximum Gasteiger partial charge on any atom is 0.260 e. The number of aryl methyl sites for hydroxylation is 1. The maximum atomic E-state index is 12.8. The van der Waals surface area contributed by atoms with Gasteiger partial charge in [0.15, 0.2) is 17.6 Å². The SMILES string of the molecule is CCn1c(SC)nnc1-c1nn(C)c2c1CN(C(=O)COc1ccc(Cl)cc1)CC2. The zero-order valence-corrected chi connectivity index (χ0v) is 18.7. The first-order valence-electron chi connectivity index (χ1n) is 9.70. The van der Waals surface area contributed by atoms with Crippen molar-refractivity contribution in [3.05, 3.63) is 40.5 Å². The van der Waals surface area contributed by atoms with Gasteiger partial charge in [0.25, 0.3) is 5.91 Å². The molecular formula is C20H23ClN6O2S. The molecule has 10 heteroatoms. The molecule has 8 nitrogen and oxygen atoms in total. The van der Waals surface area contributed by atoms with Crippen molar-refractivity contribution in [2.75, 3.05) is 19.4 Å². The molecule has 1 aliphatic rings. The molecule has 0 bridgehead atoms. The predicted molar refractivity (Wildman–Crippen MR) is 116 cm³/mol. The summed E-state index contributed by atoms with van der Waals surface area (Å²) in [6, 6.07) is 6.99. The summed E-state index contributed by atoms with van der Waals surface area (Å²) in [6.07, 6.45) is 2.72. The van der Waals surface area contributed by atoms with Crippen molar-refractivity contribution in [1.82, 2.24) is 29.4 Å². The van der Waals surface area contributed by atoms with Crippen molar-refractivity contribution < 1.29 is 9.53 Å². The van der Waals surface area contributed by atoms with E-state index in [0.29, 0.717) is 23.9 Å². The van der Waals surface area contributed by atoms with Gasteiger partial charge in [-0.1, -0.05) is 23.4 Å². The number of carbonyl (C=O) groups is 1. The Balaban J connectivity index is 1.54. The van der Waals surface area contributed by atoms with Crippen LogP contribution in [0.1, 0.15) is 18.2 Å². The third-order valence-electron chi connectivity index (χ3n) is 5.20. The predicted octanol–water partition coefficient (Wildman–Crippen LogP) is 3.04. The molecule has 0 spiro atoms. The number of halogens is 1. The van der Waals surface area contributed by atoms with E-state index in [4.69, 9.17) is 21.4 Å². The molecule has 30 heavy (non-hydrogen) atoms. The normalized spacial score (nSPS) is 13.4. The lowest BCUT2D eigenvalue weighted by molar-refractivity contribution is -0.134. The lowest BCUT2D eigenvalue weighted by atomic mass is 10.0. The van der Waals surface area contributed by atoms with Gasteiger partial charge in [-0.2, -0.15) is 5.10 Å². The van der Waals surface area contributed by atoms with Crippen molar-refractivity contribution in [2.45, 2.75) is 31.6 Å². The van der Waals surface area contributed by atoms with Gasteiger partial charge in [0.2, 0.25) is 0 Å². The summed E-state index contributed by atoms with van der Waals surface area (Å²) in [5.74, 6) is 1.30. The van der Waals surface area contributed by atoms with E-state index in [1.54, 1.807) is 36.0 Å². The van der Waals surface area contributed by atoms with Gasteiger partial charge in [0.05, 0.1) is 0 Å². The number of thioether (sulfide) groups is 1. The molecule has 0 atom stereocenters. The highest BCUT2D eigenvalue weighted by Gasteiger charge is 2.29. The van der Waals surface area contributed by atoms with Crippen LogP contribution in [0.15, 0.2) is 29.4 Å². The van der Waals surface area contributed by atoms with E-state index in [0.717, 1.165) is 40.9 Å². The number of benzene rings is 1. The van der Waals surface area contributed by atoms with Crippen LogP contribution in [0.2, 0.25) is 5.02 Å². The summed E-state index contributed by atoms with van der Waals surface area (Å²) in [6.45, 7) is 3.90. The molecule has 2 aromatic heterocycles. The second kappa shape index (κ2) is 8.69. The van der Waals surface area contributed by atoms with Crippen LogP contribution in [0.5, 0.6) is 5.75 Å². The Morgan fingerprint density at radius 3 is 2.73 bits per heavy atom. The van der Waals surface area contributed by atoms with Crippen LogP contribution in [0.3, 0.4) is 0 Å². The van der Waals surface area contributed by atoms with Crippen LogP contribution in [0.4, 0.5) is 0 Å². The highest BCUT2D eigenvalue weighted by atomic mass is 35.5. The summed E-state index contributed by atoms with van der Waals surface area (Å²) in [5, 5.41) is 14.9. The van der Waals surface area contributed by atoms with Crippen LogP contribution in [-0.2, 0) is 31.4 Å². The molecule has 0 N–H and O–H groups in total. The Bertz CT molecular complexity index is 1060. The summed E-state index contributed by atoms with van der Waals surface area (Å²) in [4.78, 5) is 14.6. The molecule has 1 aliphatic heterocycles. The molecule has 158 valence electrons. The molecule has 0 saturated carbocycles. The van der Waals surface area contributed by atoms with Crippen molar-refractivity contribution >= 4 is 29.3 Å². The van der Waals surface area contributed by atoms with E-state index < -0.39 is 0 Å². The number of amides is 1. The van der Waals surface area contributed by atoms with Crippen molar-refractivity contribution in [1.29, 1.82) is 0 Å². The molecule has 0 radical (unpaired) electrons. The van der Waals surface area contributed by atoms with Crippen molar-refractivity contribution in [2.24, 2.45) is 7.05 Å². The van der Waals surface area contributed by atoms with E-state index in [1.807, 2.05) is 22.9 Å². The Labute approximate surface area is 184 Å². The molecule has 3 heterocycles. The number of hydrogen-bond acceptors (Lipinski definition) is 6. The molecule has 0 fully saturated rings. The maximum absolute atomic E-state index is 12.8. The van der Waals surface area contributed by atoms with E-state index >= 15 is 0 Å². The largest absolute Gasteiger partial charge is 0.484 e. The third kappa shape index (κ3) is 3.91. The minimum atomic E-state index is -0.0628. The Morgan fingerprint density at radius 1 is 1.27 bits per heavy atom. The number of nitrogens with zero attached hydrogens (tertiary/aromatic N) is 6. The summed E-state index contributed by atoms with van der Waals surface area (Å²) < 4.78 is 9.58. The Morgan fingerprint density at radius 2 is 2.03 bits per heavy atom. The summed E-state index contributed by atoms with van der Waals surface area (Å²) in [5.41, 5.74) is 2.95. The fraction of sp³-hybridized carbons (Fsp3) is 0.400. The minimum absolute atomic E-state index is 0.0195. The van der Waals surface area contributed by atoms with Gasteiger partial charge >= 0.3 is 0 Å². The summed E-state index contributed by atoms with van der Waals surface area (Å²) in [7, 11) is 1.94. The lowest BCUT2D eigenvalue weighted by Gasteiger charge is -2.27. The molecule has 3 aromatic rings. The van der Waals surface area contributed by atoms with Gasteiger partial charge in [0, 0.05) is 49.4 Å². The molecule has 0 aliphatic carbocycles. The van der Waals surface area contributed by atoms with E-state index in [1.165, 1.54) is 0 Å². The van der Waals surface area contributed by atoms with Gasteiger partial charge in [-0.25, -0.2) is 0 Å². The molecule has 0 saturated heterocycles. The van der Waals surface area contributed by atoms with Gasteiger partial charge in [0.1, 0.15) is 11.4 Å². The first kappa shape index (κ1) is 20.7. The number of carbonyl (C=O) groups excluding carboxylic acids is 1. The lowest BCUT2D eigenvalue weighted by Crippen LogP contribution is -2.39. The molecular weight excluding hydrogens is 424 g/mol. The Kier molecular flexibility index (Phi) is 6.01. The van der Waals surface area contributed by atoms with E-state index in [-0.39, 0.29) is 12.5 Å². The van der Waals surface area contributed by atoms with Gasteiger partial charge in [-0.3, -0.25) is 9.48 Å². The molecule has 1 amide bonds. The van der Waals surface area contributed by atoms with Crippen LogP contribution >= 0.6 is 23.4 Å².